The van der Waals surface area contributed by atoms with Crippen molar-refractivity contribution in [3.63, 3.8) is 0 Å². The molecule has 3 amide bonds. The number of anilines is 3. The predicted octanol–water partition coefficient (Wildman–Crippen LogP) is 3.25. The summed E-state index contributed by atoms with van der Waals surface area (Å²) in [5.74, 6) is -0.849. The van der Waals surface area contributed by atoms with E-state index in [9.17, 15) is 14.4 Å². The SMILES string of the molecule is CC(=O)Nc1cccc(N2C[C@H](C(=O)Nc3cc(C)cc(C)c3)CC2=O)c1. The van der Waals surface area contributed by atoms with Gasteiger partial charge in [0.2, 0.25) is 17.7 Å². The van der Waals surface area contributed by atoms with E-state index < -0.39 is 5.92 Å². The summed E-state index contributed by atoms with van der Waals surface area (Å²) >= 11 is 0. The van der Waals surface area contributed by atoms with Gasteiger partial charge in [0.05, 0.1) is 5.92 Å². The predicted molar refractivity (Wildman–Crippen MR) is 106 cm³/mol. The molecule has 2 N–H and O–H groups in total. The fourth-order valence-electron chi connectivity index (χ4n) is 3.38. The van der Waals surface area contributed by atoms with E-state index in [0.29, 0.717) is 17.9 Å². The first-order valence-electron chi connectivity index (χ1n) is 8.89. The maximum absolute atomic E-state index is 12.6. The zero-order valence-electron chi connectivity index (χ0n) is 15.7. The summed E-state index contributed by atoms with van der Waals surface area (Å²) in [4.78, 5) is 37.9. The van der Waals surface area contributed by atoms with Gasteiger partial charge in [0.15, 0.2) is 0 Å². The Morgan fingerprint density at radius 2 is 1.70 bits per heavy atom. The van der Waals surface area contributed by atoms with Gasteiger partial charge in [0, 0.05) is 37.0 Å². The maximum Gasteiger partial charge on any atom is 0.229 e. The first-order valence-corrected chi connectivity index (χ1v) is 8.89. The lowest BCUT2D eigenvalue weighted by Gasteiger charge is -2.18. The number of aryl methyl sites for hydroxylation is 2. The molecule has 2 aromatic carbocycles. The third-order valence-corrected chi connectivity index (χ3v) is 4.46. The topological polar surface area (TPSA) is 78.5 Å². The Hall–Kier alpha value is -3.15. The zero-order chi connectivity index (χ0) is 19.6. The summed E-state index contributed by atoms with van der Waals surface area (Å²) < 4.78 is 0. The van der Waals surface area contributed by atoms with Crippen molar-refractivity contribution in [1.82, 2.24) is 0 Å². The third-order valence-electron chi connectivity index (χ3n) is 4.46. The second-order valence-electron chi connectivity index (χ2n) is 7.00. The van der Waals surface area contributed by atoms with Crippen LogP contribution in [0.15, 0.2) is 42.5 Å². The van der Waals surface area contributed by atoms with Gasteiger partial charge in [-0.2, -0.15) is 0 Å². The van der Waals surface area contributed by atoms with Gasteiger partial charge in [-0.1, -0.05) is 12.1 Å². The minimum Gasteiger partial charge on any atom is -0.326 e. The van der Waals surface area contributed by atoms with Crippen molar-refractivity contribution in [2.45, 2.75) is 27.2 Å². The Morgan fingerprint density at radius 1 is 1.00 bits per heavy atom. The molecule has 1 atom stereocenters. The van der Waals surface area contributed by atoms with Crippen molar-refractivity contribution >= 4 is 34.8 Å². The Balaban J connectivity index is 1.71. The molecular formula is C21H23N3O3. The van der Waals surface area contributed by atoms with Gasteiger partial charge in [-0.25, -0.2) is 0 Å². The molecular weight excluding hydrogens is 342 g/mol. The number of hydrogen-bond acceptors (Lipinski definition) is 3. The Kier molecular flexibility index (Phi) is 5.26. The Labute approximate surface area is 158 Å². The van der Waals surface area contributed by atoms with Gasteiger partial charge in [-0.3, -0.25) is 14.4 Å². The average Bonchev–Trinajstić information content (AvgIpc) is 2.95. The molecule has 3 rings (SSSR count). The molecule has 140 valence electrons. The van der Waals surface area contributed by atoms with E-state index in [1.807, 2.05) is 32.0 Å². The minimum atomic E-state index is -0.414. The smallest absolute Gasteiger partial charge is 0.229 e. The van der Waals surface area contributed by atoms with E-state index in [1.165, 1.54) is 6.92 Å². The van der Waals surface area contributed by atoms with E-state index >= 15 is 0 Å². The van der Waals surface area contributed by atoms with Gasteiger partial charge >= 0.3 is 0 Å². The minimum absolute atomic E-state index is 0.101. The molecule has 1 heterocycles. The number of rotatable bonds is 4. The molecule has 1 saturated heterocycles. The van der Waals surface area contributed by atoms with Crippen LogP contribution < -0.4 is 15.5 Å². The van der Waals surface area contributed by atoms with E-state index in [-0.39, 0.29) is 24.1 Å². The second-order valence-corrected chi connectivity index (χ2v) is 7.00. The monoisotopic (exact) mass is 365 g/mol. The third kappa shape index (κ3) is 4.53. The fraction of sp³-hybridized carbons (Fsp3) is 0.286. The van der Waals surface area contributed by atoms with Crippen molar-refractivity contribution in [2.75, 3.05) is 22.1 Å². The van der Waals surface area contributed by atoms with Crippen LogP contribution in [0.1, 0.15) is 24.5 Å². The van der Waals surface area contributed by atoms with Gasteiger partial charge in [0.1, 0.15) is 0 Å². The standard InChI is InChI=1S/C21H23N3O3/c1-13-7-14(2)9-18(8-13)23-21(27)16-10-20(26)24(12-16)19-6-4-5-17(11-19)22-15(3)25/h4-9,11,16H,10,12H2,1-3H3,(H,22,25)(H,23,27)/t16-/m1/s1. The van der Waals surface area contributed by atoms with Gasteiger partial charge in [-0.15, -0.1) is 0 Å². The number of carbonyl (C=O) groups is 3. The second kappa shape index (κ2) is 7.61. The molecule has 1 fully saturated rings. The summed E-state index contributed by atoms with van der Waals surface area (Å²) in [7, 11) is 0. The summed E-state index contributed by atoms with van der Waals surface area (Å²) in [5.41, 5.74) is 4.19. The first-order chi connectivity index (χ1) is 12.8. The highest BCUT2D eigenvalue weighted by atomic mass is 16.2. The molecule has 0 saturated carbocycles. The first kappa shape index (κ1) is 18.6. The van der Waals surface area contributed by atoms with Crippen molar-refractivity contribution < 1.29 is 14.4 Å². The van der Waals surface area contributed by atoms with E-state index in [2.05, 4.69) is 10.6 Å². The lowest BCUT2D eigenvalue weighted by Crippen LogP contribution is -2.28. The number of amides is 3. The highest BCUT2D eigenvalue weighted by Crippen LogP contribution is 2.28. The Morgan fingerprint density at radius 3 is 2.37 bits per heavy atom. The molecule has 6 nitrogen and oxygen atoms in total. The molecule has 0 spiro atoms. The molecule has 0 radical (unpaired) electrons. The highest BCUT2D eigenvalue weighted by molar-refractivity contribution is 6.04. The van der Waals surface area contributed by atoms with Crippen LogP contribution in [0.5, 0.6) is 0 Å². The highest BCUT2D eigenvalue weighted by Gasteiger charge is 2.35. The van der Waals surface area contributed by atoms with Crippen molar-refractivity contribution in [3.8, 4) is 0 Å². The quantitative estimate of drug-likeness (QED) is 0.873. The molecule has 0 unspecified atom stereocenters. The van der Waals surface area contributed by atoms with E-state index in [1.54, 1.807) is 29.2 Å². The number of nitrogens with zero attached hydrogens (tertiary/aromatic N) is 1. The number of nitrogens with one attached hydrogen (secondary N) is 2. The van der Waals surface area contributed by atoms with E-state index in [4.69, 9.17) is 0 Å². The van der Waals surface area contributed by atoms with Crippen LogP contribution in [0.2, 0.25) is 0 Å². The van der Waals surface area contributed by atoms with Crippen molar-refractivity contribution in [2.24, 2.45) is 5.92 Å². The van der Waals surface area contributed by atoms with Gasteiger partial charge in [-0.05, 0) is 55.3 Å². The number of hydrogen-bond donors (Lipinski definition) is 2. The fourth-order valence-corrected chi connectivity index (χ4v) is 3.38. The van der Waals surface area contributed by atoms with Crippen LogP contribution in [0.4, 0.5) is 17.1 Å². The summed E-state index contributed by atoms with van der Waals surface area (Å²) in [5, 5.41) is 5.63. The largest absolute Gasteiger partial charge is 0.326 e. The zero-order valence-corrected chi connectivity index (χ0v) is 15.7. The normalized spacial score (nSPS) is 16.3. The molecule has 0 bridgehead atoms. The van der Waals surface area contributed by atoms with Crippen LogP contribution in [0, 0.1) is 19.8 Å². The summed E-state index contributed by atoms with van der Waals surface area (Å²) in [6, 6.07) is 12.9. The van der Waals surface area contributed by atoms with Crippen LogP contribution in [-0.2, 0) is 14.4 Å². The molecule has 27 heavy (non-hydrogen) atoms. The lowest BCUT2D eigenvalue weighted by atomic mass is 10.1. The van der Waals surface area contributed by atoms with Crippen LogP contribution in [-0.4, -0.2) is 24.3 Å². The van der Waals surface area contributed by atoms with E-state index in [0.717, 1.165) is 16.8 Å². The van der Waals surface area contributed by atoms with Gasteiger partial charge in [0.25, 0.3) is 0 Å². The van der Waals surface area contributed by atoms with Crippen LogP contribution in [0.25, 0.3) is 0 Å². The molecule has 1 aliphatic rings. The average molecular weight is 365 g/mol. The molecule has 0 aromatic heterocycles. The number of benzene rings is 2. The molecule has 6 heteroatoms. The van der Waals surface area contributed by atoms with Gasteiger partial charge < -0.3 is 15.5 Å². The molecule has 2 aromatic rings. The molecule has 1 aliphatic heterocycles. The number of carbonyl (C=O) groups excluding carboxylic acids is 3. The van der Waals surface area contributed by atoms with Crippen molar-refractivity contribution in [3.05, 3.63) is 53.6 Å². The Bertz CT molecular complexity index is 887. The molecule has 0 aliphatic carbocycles. The maximum atomic E-state index is 12.6. The van der Waals surface area contributed by atoms with Crippen LogP contribution >= 0.6 is 0 Å². The van der Waals surface area contributed by atoms with Crippen molar-refractivity contribution in [1.29, 1.82) is 0 Å². The van der Waals surface area contributed by atoms with Crippen LogP contribution in [0.3, 0.4) is 0 Å². The lowest BCUT2D eigenvalue weighted by molar-refractivity contribution is -0.122. The summed E-state index contributed by atoms with van der Waals surface area (Å²) in [6.45, 7) is 5.71. The summed E-state index contributed by atoms with van der Waals surface area (Å²) in [6.07, 6.45) is 0.168.